The van der Waals surface area contributed by atoms with Crippen molar-refractivity contribution in [1.82, 2.24) is 0 Å². The van der Waals surface area contributed by atoms with Crippen molar-refractivity contribution in [2.75, 3.05) is 7.11 Å². The second-order valence-corrected chi connectivity index (χ2v) is 5.78. The number of benzene rings is 1. The number of ketones is 1. The summed E-state index contributed by atoms with van der Waals surface area (Å²) >= 11 is 0. The third-order valence-electron chi connectivity index (χ3n) is 3.95. The van der Waals surface area contributed by atoms with E-state index in [4.69, 9.17) is 9.47 Å². The number of carbonyl (C=O) groups is 1. The van der Waals surface area contributed by atoms with Crippen molar-refractivity contribution < 1.29 is 14.3 Å². The quantitative estimate of drug-likeness (QED) is 0.762. The zero-order valence-electron chi connectivity index (χ0n) is 12.6. The van der Waals surface area contributed by atoms with E-state index in [0.717, 1.165) is 31.4 Å². The summed E-state index contributed by atoms with van der Waals surface area (Å²) in [5.41, 5.74) is 0.100. The van der Waals surface area contributed by atoms with E-state index in [0.29, 0.717) is 5.56 Å². The summed E-state index contributed by atoms with van der Waals surface area (Å²) < 4.78 is 11.2. The minimum absolute atomic E-state index is 0.107. The van der Waals surface area contributed by atoms with Gasteiger partial charge in [-0.25, -0.2) is 0 Å². The van der Waals surface area contributed by atoms with Crippen LogP contribution in [0, 0.1) is 0 Å². The molecule has 3 heteroatoms. The number of methoxy groups -OCH3 is 1. The number of carbonyl (C=O) groups excluding carboxylic acids is 1. The van der Waals surface area contributed by atoms with Crippen molar-refractivity contribution in [2.45, 2.75) is 57.7 Å². The summed E-state index contributed by atoms with van der Waals surface area (Å²) in [6, 6.07) is 7.41. The molecular weight excluding hydrogens is 252 g/mol. The average molecular weight is 276 g/mol. The SMILES string of the molecule is COC1(C(=O)c2ccc(OC(C)C)cc2)CCCCC1. The van der Waals surface area contributed by atoms with Crippen molar-refractivity contribution >= 4 is 5.78 Å². The summed E-state index contributed by atoms with van der Waals surface area (Å²) in [6.45, 7) is 3.97. The monoisotopic (exact) mass is 276 g/mol. The van der Waals surface area contributed by atoms with Gasteiger partial charge in [0.25, 0.3) is 0 Å². The predicted molar refractivity (Wildman–Crippen MR) is 79.4 cm³/mol. The Morgan fingerprint density at radius 1 is 1.10 bits per heavy atom. The van der Waals surface area contributed by atoms with Gasteiger partial charge in [0, 0.05) is 12.7 Å². The highest BCUT2D eigenvalue weighted by Gasteiger charge is 2.39. The van der Waals surface area contributed by atoms with Gasteiger partial charge < -0.3 is 9.47 Å². The topological polar surface area (TPSA) is 35.5 Å². The van der Waals surface area contributed by atoms with Gasteiger partial charge in [-0.05, 0) is 51.0 Å². The van der Waals surface area contributed by atoms with Gasteiger partial charge in [0.2, 0.25) is 0 Å². The fraction of sp³-hybridized carbons (Fsp3) is 0.588. The first-order valence-corrected chi connectivity index (χ1v) is 7.44. The molecule has 0 saturated heterocycles. The number of Topliss-reactive ketones (excluding diaryl/α,β-unsaturated/α-hetero) is 1. The smallest absolute Gasteiger partial charge is 0.194 e. The number of hydrogen-bond donors (Lipinski definition) is 0. The molecule has 0 heterocycles. The van der Waals surface area contributed by atoms with Crippen LogP contribution in [0.1, 0.15) is 56.3 Å². The zero-order chi connectivity index (χ0) is 14.6. The van der Waals surface area contributed by atoms with Gasteiger partial charge in [-0.2, -0.15) is 0 Å². The van der Waals surface area contributed by atoms with Crippen LogP contribution in [0.4, 0.5) is 0 Å². The first-order chi connectivity index (χ1) is 9.57. The second kappa shape index (κ2) is 6.40. The molecule has 2 rings (SSSR count). The summed E-state index contributed by atoms with van der Waals surface area (Å²) in [5.74, 6) is 0.905. The molecule has 20 heavy (non-hydrogen) atoms. The van der Waals surface area contributed by atoms with Crippen molar-refractivity contribution in [3.05, 3.63) is 29.8 Å². The van der Waals surface area contributed by atoms with Crippen molar-refractivity contribution in [3.63, 3.8) is 0 Å². The predicted octanol–water partition coefficient (Wildman–Crippen LogP) is 4.01. The highest BCUT2D eigenvalue weighted by Crippen LogP contribution is 2.34. The zero-order valence-corrected chi connectivity index (χ0v) is 12.6. The molecule has 0 bridgehead atoms. The van der Waals surface area contributed by atoms with Crippen LogP contribution in [0.5, 0.6) is 5.75 Å². The Bertz CT molecular complexity index is 442. The van der Waals surface area contributed by atoms with Crippen LogP contribution in [-0.4, -0.2) is 24.6 Å². The standard InChI is InChI=1S/C17H24O3/c1-13(2)20-15-9-7-14(8-10-15)16(18)17(19-3)11-5-4-6-12-17/h7-10,13H,4-6,11-12H2,1-3H3. The van der Waals surface area contributed by atoms with Crippen LogP contribution in [-0.2, 0) is 4.74 Å². The molecular formula is C17H24O3. The summed E-state index contributed by atoms with van der Waals surface area (Å²) in [7, 11) is 1.65. The molecule has 1 aliphatic carbocycles. The molecule has 1 saturated carbocycles. The minimum atomic E-state index is -0.612. The molecule has 110 valence electrons. The Kier molecular flexibility index (Phi) is 4.81. The number of ether oxygens (including phenoxy) is 2. The van der Waals surface area contributed by atoms with Gasteiger partial charge >= 0.3 is 0 Å². The molecule has 1 aliphatic rings. The van der Waals surface area contributed by atoms with E-state index in [1.807, 2.05) is 38.1 Å². The Morgan fingerprint density at radius 3 is 2.20 bits per heavy atom. The average Bonchev–Trinajstić information content (AvgIpc) is 2.47. The first kappa shape index (κ1) is 15.0. The Hall–Kier alpha value is -1.35. The summed E-state index contributed by atoms with van der Waals surface area (Å²) in [5, 5.41) is 0. The fourth-order valence-electron chi connectivity index (χ4n) is 2.87. The van der Waals surface area contributed by atoms with Crippen molar-refractivity contribution in [2.24, 2.45) is 0 Å². The normalized spacial score (nSPS) is 18.0. The van der Waals surface area contributed by atoms with Gasteiger partial charge in [-0.1, -0.05) is 19.3 Å². The van der Waals surface area contributed by atoms with Crippen LogP contribution in [0.25, 0.3) is 0 Å². The van der Waals surface area contributed by atoms with Gasteiger partial charge in [0.15, 0.2) is 5.78 Å². The van der Waals surface area contributed by atoms with Crippen LogP contribution in [0.3, 0.4) is 0 Å². The van der Waals surface area contributed by atoms with E-state index >= 15 is 0 Å². The minimum Gasteiger partial charge on any atom is -0.491 e. The van der Waals surface area contributed by atoms with Crippen LogP contribution >= 0.6 is 0 Å². The third-order valence-corrected chi connectivity index (χ3v) is 3.95. The second-order valence-electron chi connectivity index (χ2n) is 5.78. The summed E-state index contributed by atoms with van der Waals surface area (Å²) in [4.78, 5) is 12.7. The van der Waals surface area contributed by atoms with Gasteiger partial charge in [0.05, 0.1) is 6.10 Å². The maximum Gasteiger partial charge on any atom is 0.194 e. The van der Waals surface area contributed by atoms with Crippen molar-refractivity contribution in [1.29, 1.82) is 0 Å². The first-order valence-electron chi connectivity index (χ1n) is 7.44. The highest BCUT2D eigenvalue weighted by molar-refractivity contribution is 6.02. The molecule has 1 fully saturated rings. The largest absolute Gasteiger partial charge is 0.491 e. The van der Waals surface area contributed by atoms with E-state index in [-0.39, 0.29) is 11.9 Å². The lowest BCUT2D eigenvalue weighted by molar-refractivity contribution is -0.0194. The van der Waals surface area contributed by atoms with E-state index in [1.165, 1.54) is 6.42 Å². The molecule has 0 N–H and O–H groups in total. The van der Waals surface area contributed by atoms with Gasteiger partial charge in [-0.3, -0.25) is 4.79 Å². The summed E-state index contributed by atoms with van der Waals surface area (Å²) in [6.07, 6.45) is 5.11. The Labute approximate surface area is 121 Å². The molecule has 1 aromatic carbocycles. The maximum atomic E-state index is 12.7. The molecule has 0 aromatic heterocycles. The Morgan fingerprint density at radius 2 is 1.70 bits per heavy atom. The van der Waals surface area contributed by atoms with Gasteiger partial charge in [-0.15, -0.1) is 0 Å². The van der Waals surface area contributed by atoms with E-state index in [9.17, 15) is 4.79 Å². The van der Waals surface area contributed by atoms with E-state index in [2.05, 4.69) is 0 Å². The Balaban J connectivity index is 2.15. The van der Waals surface area contributed by atoms with Crippen LogP contribution in [0.15, 0.2) is 24.3 Å². The maximum absolute atomic E-state index is 12.7. The molecule has 0 radical (unpaired) electrons. The highest BCUT2D eigenvalue weighted by atomic mass is 16.5. The molecule has 3 nitrogen and oxygen atoms in total. The third kappa shape index (κ3) is 3.21. The molecule has 0 amide bonds. The molecule has 0 aliphatic heterocycles. The van der Waals surface area contributed by atoms with E-state index in [1.54, 1.807) is 7.11 Å². The van der Waals surface area contributed by atoms with Crippen LogP contribution < -0.4 is 4.74 Å². The molecule has 0 atom stereocenters. The van der Waals surface area contributed by atoms with Gasteiger partial charge in [0.1, 0.15) is 11.4 Å². The van der Waals surface area contributed by atoms with E-state index < -0.39 is 5.60 Å². The number of rotatable bonds is 5. The molecule has 1 aromatic rings. The number of hydrogen-bond acceptors (Lipinski definition) is 3. The lowest BCUT2D eigenvalue weighted by atomic mass is 9.79. The molecule has 0 unspecified atom stereocenters. The fourth-order valence-corrected chi connectivity index (χ4v) is 2.87. The van der Waals surface area contributed by atoms with Crippen LogP contribution in [0.2, 0.25) is 0 Å². The lowest BCUT2D eigenvalue weighted by Crippen LogP contribution is -2.42. The lowest BCUT2D eigenvalue weighted by Gasteiger charge is -2.34. The molecule has 0 spiro atoms. The van der Waals surface area contributed by atoms with Crippen molar-refractivity contribution in [3.8, 4) is 5.75 Å².